The third-order valence-corrected chi connectivity index (χ3v) is 4.49. The Labute approximate surface area is 105 Å². The van der Waals surface area contributed by atoms with E-state index in [2.05, 4.69) is 39.4 Å². The summed E-state index contributed by atoms with van der Waals surface area (Å²) >= 11 is 3.62. The van der Waals surface area contributed by atoms with E-state index in [-0.39, 0.29) is 5.60 Å². The Balaban J connectivity index is 2.03. The number of rotatable bonds is 0. The van der Waals surface area contributed by atoms with E-state index in [4.69, 9.17) is 4.74 Å². The molecule has 1 unspecified atom stereocenters. The third-order valence-electron chi connectivity index (χ3n) is 3.74. The summed E-state index contributed by atoms with van der Waals surface area (Å²) in [5.74, 6) is 0. The molecule has 1 saturated heterocycles. The van der Waals surface area contributed by atoms with Crippen LogP contribution in [0.25, 0.3) is 0 Å². The van der Waals surface area contributed by atoms with E-state index < -0.39 is 0 Å². The minimum Gasteiger partial charge on any atom is -0.366 e. The van der Waals surface area contributed by atoms with Crippen LogP contribution in [-0.4, -0.2) is 13.1 Å². The maximum atomic E-state index is 6.14. The summed E-state index contributed by atoms with van der Waals surface area (Å²) in [5.41, 5.74) is 2.75. The lowest BCUT2D eigenvalue weighted by molar-refractivity contribution is -0.0469. The molecule has 0 amide bonds. The standard InChI is InChI=1S/C13H16BrNO/c14-12-4-1-3-11-10(12)9-16-13(11)5-2-7-15-8-6-13/h1,3-4,15H,2,5-9H2. The normalized spacial score (nSPS) is 29.1. The largest absolute Gasteiger partial charge is 0.366 e. The summed E-state index contributed by atoms with van der Waals surface area (Å²) in [7, 11) is 0. The number of ether oxygens (including phenoxy) is 1. The van der Waals surface area contributed by atoms with Crippen LogP contribution in [0.3, 0.4) is 0 Å². The molecule has 2 aliphatic heterocycles. The maximum absolute atomic E-state index is 6.14. The van der Waals surface area contributed by atoms with Gasteiger partial charge >= 0.3 is 0 Å². The van der Waals surface area contributed by atoms with Gasteiger partial charge in [-0.1, -0.05) is 28.1 Å². The Hall–Kier alpha value is -0.380. The van der Waals surface area contributed by atoms with Gasteiger partial charge in [-0.15, -0.1) is 0 Å². The van der Waals surface area contributed by atoms with Crippen molar-refractivity contribution in [1.29, 1.82) is 0 Å². The molecule has 1 spiro atoms. The Morgan fingerprint density at radius 3 is 3.12 bits per heavy atom. The van der Waals surface area contributed by atoms with E-state index in [0.29, 0.717) is 0 Å². The first-order valence-corrected chi connectivity index (χ1v) is 6.74. The third kappa shape index (κ3) is 1.62. The second-order valence-electron chi connectivity index (χ2n) is 4.65. The average Bonchev–Trinajstić information content (AvgIpc) is 2.49. The second kappa shape index (κ2) is 4.13. The summed E-state index contributed by atoms with van der Waals surface area (Å²) in [6.07, 6.45) is 3.44. The summed E-state index contributed by atoms with van der Waals surface area (Å²) in [6.45, 7) is 2.94. The first-order valence-electron chi connectivity index (χ1n) is 5.94. The Bertz CT molecular complexity index is 397. The lowest BCUT2D eigenvalue weighted by Gasteiger charge is -2.27. The van der Waals surface area contributed by atoms with Gasteiger partial charge in [-0.2, -0.15) is 0 Å². The molecule has 0 aromatic heterocycles. The van der Waals surface area contributed by atoms with E-state index >= 15 is 0 Å². The van der Waals surface area contributed by atoms with Gasteiger partial charge in [0.2, 0.25) is 0 Å². The molecule has 1 aromatic rings. The van der Waals surface area contributed by atoms with Gasteiger partial charge in [0.15, 0.2) is 0 Å². The fourth-order valence-corrected chi connectivity index (χ4v) is 3.35. The highest BCUT2D eigenvalue weighted by Gasteiger charge is 2.40. The number of benzene rings is 1. The zero-order valence-electron chi connectivity index (χ0n) is 9.26. The van der Waals surface area contributed by atoms with Gasteiger partial charge < -0.3 is 10.1 Å². The predicted molar refractivity (Wildman–Crippen MR) is 67.3 cm³/mol. The number of halogens is 1. The fourth-order valence-electron chi connectivity index (χ4n) is 2.87. The summed E-state index contributed by atoms with van der Waals surface area (Å²) in [5, 5.41) is 3.45. The van der Waals surface area contributed by atoms with Crippen LogP contribution in [0.2, 0.25) is 0 Å². The van der Waals surface area contributed by atoms with Crippen LogP contribution in [0.15, 0.2) is 22.7 Å². The fraction of sp³-hybridized carbons (Fsp3) is 0.538. The molecule has 0 bridgehead atoms. The Kier molecular flexibility index (Phi) is 2.78. The van der Waals surface area contributed by atoms with E-state index in [1.165, 1.54) is 22.0 Å². The van der Waals surface area contributed by atoms with Crippen LogP contribution in [0.4, 0.5) is 0 Å². The van der Waals surface area contributed by atoms with Crippen molar-refractivity contribution in [2.45, 2.75) is 31.5 Å². The van der Waals surface area contributed by atoms with Crippen molar-refractivity contribution in [2.24, 2.45) is 0 Å². The molecule has 0 radical (unpaired) electrons. The first-order chi connectivity index (χ1) is 7.82. The van der Waals surface area contributed by atoms with Crippen molar-refractivity contribution in [1.82, 2.24) is 5.32 Å². The molecule has 3 rings (SSSR count). The van der Waals surface area contributed by atoms with Crippen molar-refractivity contribution < 1.29 is 4.74 Å². The van der Waals surface area contributed by atoms with Gasteiger partial charge in [0.1, 0.15) is 0 Å². The molecule has 16 heavy (non-hydrogen) atoms. The molecule has 1 fully saturated rings. The molecule has 86 valence electrons. The van der Waals surface area contributed by atoms with E-state index in [9.17, 15) is 0 Å². The summed E-state index contributed by atoms with van der Waals surface area (Å²) < 4.78 is 7.34. The SMILES string of the molecule is Brc1cccc2c1COC21CCCNCC1. The molecule has 1 atom stereocenters. The van der Waals surface area contributed by atoms with Crippen molar-refractivity contribution in [3.05, 3.63) is 33.8 Å². The molecule has 0 aliphatic carbocycles. The highest BCUT2D eigenvalue weighted by Crippen LogP contribution is 2.45. The van der Waals surface area contributed by atoms with Crippen molar-refractivity contribution >= 4 is 15.9 Å². The average molecular weight is 282 g/mol. The van der Waals surface area contributed by atoms with Crippen LogP contribution in [0, 0.1) is 0 Å². The van der Waals surface area contributed by atoms with Crippen molar-refractivity contribution in [3.8, 4) is 0 Å². The summed E-state index contributed by atoms with van der Waals surface area (Å²) in [4.78, 5) is 0. The van der Waals surface area contributed by atoms with Gasteiger partial charge in [-0.3, -0.25) is 0 Å². The number of nitrogens with one attached hydrogen (secondary N) is 1. The van der Waals surface area contributed by atoms with Crippen LogP contribution < -0.4 is 5.32 Å². The zero-order valence-corrected chi connectivity index (χ0v) is 10.8. The lowest BCUT2D eigenvalue weighted by Crippen LogP contribution is -2.26. The molecule has 1 aromatic carbocycles. The van der Waals surface area contributed by atoms with E-state index in [1.54, 1.807) is 0 Å². The first kappa shape index (κ1) is 10.8. The minimum atomic E-state index is -0.0113. The molecule has 2 nitrogen and oxygen atoms in total. The second-order valence-corrected chi connectivity index (χ2v) is 5.51. The molecular formula is C13H16BrNO. The molecule has 2 heterocycles. The minimum absolute atomic E-state index is 0.0113. The zero-order chi connectivity index (χ0) is 11.0. The molecule has 0 saturated carbocycles. The molecule has 1 N–H and O–H groups in total. The van der Waals surface area contributed by atoms with Gasteiger partial charge in [-0.25, -0.2) is 0 Å². The van der Waals surface area contributed by atoms with Gasteiger partial charge in [0.25, 0.3) is 0 Å². The van der Waals surface area contributed by atoms with Crippen molar-refractivity contribution in [2.75, 3.05) is 13.1 Å². The van der Waals surface area contributed by atoms with E-state index in [1.807, 2.05) is 0 Å². The van der Waals surface area contributed by atoms with Gasteiger partial charge in [0.05, 0.1) is 12.2 Å². The van der Waals surface area contributed by atoms with Gasteiger partial charge in [-0.05, 0) is 49.5 Å². The lowest BCUT2D eigenvalue weighted by atomic mass is 9.86. The number of hydrogen-bond donors (Lipinski definition) is 1. The monoisotopic (exact) mass is 281 g/mol. The quantitative estimate of drug-likeness (QED) is 0.790. The smallest absolute Gasteiger partial charge is 0.0952 e. The van der Waals surface area contributed by atoms with E-state index in [0.717, 1.165) is 32.5 Å². The van der Waals surface area contributed by atoms with Gasteiger partial charge in [0, 0.05) is 4.47 Å². The van der Waals surface area contributed by atoms with Crippen LogP contribution >= 0.6 is 15.9 Å². The molecule has 3 heteroatoms. The van der Waals surface area contributed by atoms with Crippen LogP contribution in [-0.2, 0) is 16.9 Å². The predicted octanol–water partition coefficient (Wildman–Crippen LogP) is 2.95. The number of fused-ring (bicyclic) bond motifs is 2. The number of hydrogen-bond acceptors (Lipinski definition) is 2. The summed E-state index contributed by atoms with van der Waals surface area (Å²) in [6, 6.07) is 6.46. The molecule has 2 aliphatic rings. The Morgan fingerprint density at radius 2 is 2.19 bits per heavy atom. The molecular weight excluding hydrogens is 266 g/mol. The maximum Gasteiger partial charge on any atom is 0.0952 e. The highest BCUT2D eigenvalue weighted by atomic mass is 79.9. The van der Waals surface area contributed by atoms with Crippen LogP contribution in [0.5, 0.6) is 0 Å². The highest BCUT2D eigenvalue weighted by molar-refractivity contribution is 9.10. The van der Waals surface area contributed by atoms with Crippen molar-refractivity contribution in [3.63, 3.8) is 0 Å². The van der Waals surface area contributed by atoms with Crippen LogP contribution in [0.1, 0.15) is 30.4 Å². The topological polar surface area (TPSA) is 21.3 Å². The Morgan fingerprint density at radius 1 is 1.25 bits per heavy atom.